The van der Waals surface area contributed by atoms with Gasteiger partial charge in [-0.25, -0.2) is 0 Å². The third-order valence-electron chi connectivity index (χ3n) is 2.93. The summed E-state index contributed by atoms with van der Waals surface area (Å²) in [5.74, 6) is 0.366. The van der Waals surface area contributed by atoms with Gasteiger partial charge in [-0.2, -0.15) is 0 Å². The fourth-order valence-corrected chi connectivity index (χ4v) is 2.60. The molecular formula is C15H15Cl2N. The van der Waals surface area contributed by atoms with Crippen molar-refractivity contribution in [3.05, 3.63) is 63.4 Å². The van der Waals surface area contributed by atoms with Crippen LogP contribution in [0.15, 0.2) is 36.7 Å². The number of benzene rings is 1. The van der Waals surface area contributed by atoms with E-state index in [4.69, 9.17) is 23.2 Å². The van der Waals surface area contributed by atoms with Crippen molar-refractivity contribution in [2.24, 2.45) is 0 Å². The lowest BCUT2D eigenvalue weighted by molar-refractivity contribution is 0.755. The van der Waals surface area contributed by atoms with E-state index in [0.717, 1.165) is 12.0 Å². The van der Waals surface area contributed by atoms with Gasteiger partial charge in [0.05, 0.1) is 0 Å². The zero-order valence-corrected chi connectivity index (χ0v) is 12.0. The second-order valence-electron chi connectivity index (χ2n) is 4.68. The highest BCUT2D eigenvalue weighted by Crippen LogP contribution is 2.26. The minimum absolute atomic E-state index is 0.366. The topological polar surface area (TPSA) is 12.9 Å². The van der Waals surface area contributed by atoms with Gasteiger partial charge in [-0.15, -0.1) is 0 Å². The first-order chi connectivity index (χ1) is 8.54. The largest absolute Gasteiger partial charge is 0.264 e. The third kappa shape index (κ3) is 3.47. The molecule has 0 aliphatic heterocycles. The summed E-state index contributed by atoms with van der Waals surface area (Å²) in [6.07, 6.45) is 4.71. The number of pyridine rings is 1. The van der Waals surface area contributed by atoms with Crippen LogP contribution in [0.25, 0.3) is 0 Å². The molecule has 2 rings (SSSR count). The summed E-state index contributed by atoms with van der Waals surface area (Å²) in [6.45, 7) is 4.22. The molecule has 0 spiro atoms. The molecule has 3 heteroatoms. The minimum atomic E-state index is 0.366. The number of nitrogens with zero attached hydrogens (tertiary/aromatic N) is 1. The predicted octanol–water partition coefficient (Wildman–Crippen LogP) is 5.04. The fourth-order valence-electron chi connectivity index (χ4n) is 2.06. The fraction of sp³-hybridized carbons (Fsp3) is 0.267. The van der Waals surface area contributed by atoms with Crippen molar-refractivity contribution >= 4 is 23.2 Å². The molecule has 0 N–H and O–H groups in total. The summed E-state index contributed by atoms with van der Waals surface area (Å²) >= 11 is 12.1. The maximum atomic E-state index is 6.03. The van der Waals surface area contributed by atoms with Gasteiger partial charge in [0.2, 0.25) is 0 Å². The molecule has 18 heavy (non-hydrogen) atoms. The molecular weight excluding hydrogens is 265 g/mol. The van der Waals surface area contributed by atoms with Gasteiger partial charge in [-0.3, -0.25) is 4.98 Å². The van der Waals surface area contributed by atoms with Gasteiger partial charge in [0.15, 0.2) is 0 Å². The van der Waals surface area contributed by atoms with Crippen molar-refractivity contribution < 1.29 is 0 Å². The Morgan fingerprint density at radius 1 is 1.06 bits per heavy atom. The normalized spacial score (nSPS) is 12.4. The smallest absolute Gasteiger partial charge is 0.0423 e. The maximum Gasteiger partial charge on any atom is 0.0423 e. The van der Waals surface area contributed by atoms with Gasteiger partial charge in [0.1, 0.15) is 0 Å². The van der Waals surface area contributed by atoms with Gasteiger partial charge in [0.25, 0.3) is 0 Å². The van der Waals surface area contributed by atoms with Crippen LogP contribution in [0.1, 0.15) is 29.5 Å². The SMILES string of the molecule is Cc1cncc(C[C@@H](C)c2cc(Cl)cc(Cl)c2)c1. The van der Waals surface area contributed by atoms with Crippen LogP contribution in [0.5, 0.6) is 0 Å². The number of aromatic nitrogens is 1. The van der Waals surface area contributed by atoms with Crippen molar-refractivity contribution in [3.8, 4) is 0 Å². The van der Waals surface area contributed by atoms with Crippen LogP contribution in [0, 0.1) is 6.92 Å². The second-order valence-corrected chi connectivity index (χ2v) is 5.55. The van der Waals surface area contributed by atoms with Crippen LogP contribution in [0.3, 0.4) is 0 Å². The van der Waals surface area contributed by atoms with Gasteiger partial charge in [0, 0.05) is 22.4 Å². The van der Waals surface area contributed by atoms with Crippen molar-refractivity contribution in [3.63, 3.8) is 0 Å². The lowest BCUT2D eigenvalue weighted by Gasteiger charge is -2.13. The first-order valence-corrected chi connectivity index (χ1v) is 6.66. The Kier molecular flexibility index (Phi) is 4.26. The number of halogens is 2. The molecule has 0 saturated carbocycles. The Bertz CT molecular complexity index is 532. The summed E-state index contributed by atoms with van der Waals surface area (Å²) in [5.41, 5.74) is 3.58. The number of aryl methyl sites for hydroxylation is 1. The zero-order chi connectivity index (χ0) is 13.1. The summed E-state index contributed by atoms with van der Waals surface area (Å²) in [7, 11) is 0. The predicted molar refractivity (Wildman–Crippen MR) is 77.6 cm³/mol. The highest BCUT2D eigenvalue weighted by atomic mass is 35.5. The van der Waals surface area contributed by atoms with E-state index in [9.17, 15) is 0 Å². The molecule has 2 aromatic rings. The van der Waals surface area contributed by atoms with E-state index in [1.54, 1.807) is 6.07 Å². The summed E-state index contributed by atoms with van der Waals surface area (Å²) < 4.78 is 0. The van der Waals surface area contributed by atoms with Gasteiger partial charge >= 0.3 is 0 Å². The third-order valence-corrected chi connectivity index (χ3v) is 3.36. The monoisotopic (exact) mass is 279 g/mol. The minimum Gasteiger partial charge on any atom is -0.264 e. The molecule has 0 aliphatic rings. The van der Waals surface area contributed by atoms with E-state index in [-0.39, 0.29) is 0 Å². The number of rotatable bonds is 3. The first-order valence-electron chi connectivity index (χ1n) is 5.91. The van der Waals surface area contributed by atoms with Crippen LogP contribution in [0.4, 0.5) is 0 Å². The molecule has 0 bridgehead atoms. The van der Waals surface area contributed by atoms with E-state index >= 15 is 0 Å². The molecule has 1 heterocycles. The Hall–Kier alpha value is -1.05. The molecule has 94 valence electrons. The molecule has 0 aliphatic carbocycles. The molecule has 0 fully saturated rings. The Morgan fingerprint density at radius 2 is 1.72 bits per heavy atom. The molecule has 1 nitrogen and oxygen atoms in total. The molecule has 0 radical (unpaired) electrons. The van der Waals surface area contributed by atoms with Crippen LogP contribution in [-0.2, 0) is 6.42 Å². The van der Waals surface area contributed by atoms with E-state index in [0.29, 0.717) is 16.0 Å². The highest BCUT2D eigenvalue weighted by molar-refractivity contribution is 6.34. The summed E-state index contributed by atoms with van der Waals surface area (Å²) in [4.78, 5) is 4.21. The first kappa shape index (κ1) is 13.4. The van der Waals surface area contributed by atoms with Crippen LogP contribution in [-0.4, -0.2) is 4.98 Å². The van der Waals surface area contributed by atoms with E-state index in [2.05, 4.69) is 24.9 Å². The quantitative estimate of drug-likeness (QED) is 0.767. The number of hydrogen-bond acceptors (Lipinski definition) is 1. The molecule has 0 unspecified atom stereocenters. The van der Waals surface area contributed by atoms with Gasteiger partial charge in [-0.05, 0) is 54.2 Å². The molecule has 1 atom stereocenters. The number of hydrogen-bond donors (Lipinski definition) is 0. The van der Waals surface area contributed by atoms with Crippen molar-refractivity contribution in [2.75, 3.05) is 0 Å². The lowest BCUT2D eigenvalue weighted by Crippen LogP contribution is -1.99. The van der Waals surface area contributed by atoms with Crippen LogP contribution < -0.4 is 0 Å². The average Bonchev–Trinajstić information content (AvgIpc) is 2.27. The van der Waals surface area contributed by atoms with Crippen LogP contribution in [0.2, 0.25) is 10.0 Å². The maximum absolute atomic E-state index is 6.03. The summed E-state index contributed by atoms with van der Waals surface area (Å²) in [6, 6.07) is 7.87. The Labute approximate surface area is 118 Å². The standard InChI is InChI=1S/C15H15Cl2N/c1-10-3-12(9-18-8-10)4-11(2)13-5-14(16)7-15(17)6-13/h3,5-9,11H,4H2,1-2H3/t11-/m1/s1. The molecule has 0 amide bonds. The van der Waals surface area contributed by atoms with Crippen molar-refractivity contribution in [1.29, 1.82) is 0 Å². The zero-order valence-electron chi connectivity index (χ0n) is 10.5. The van der Waals surface area contributed by atoms with Crippen LogP contribution >= 0.6 is 23.2 Å². The Balaban J connectivity index is 2.19. The van der Waals surface area contributed by atoms with E-state index in [1.807, 2.05) is 24.5 Å². The van der Waals surface area contributed by atoms with Gasteiger partial charge in [-0.1, -0.05) is 36.2 Å². The molecule has 0 saturated heterocycles. The Morgan fingerprint density at radius 3 is 2.33 bits per heavy atom. The van der Waals surface area contributed by atoms with E-state index < -0.39 is 0 Å². The van der Waals surface area contributed by atoms with E-state index in [1.165, 1.54) is 11.1 Å². The molecule has 1 aromatic carbocycles. The lowest BCUT2D eigenvalue weighted by atomic mass is 9.94. The highest BCUT2D eigenvalue weighted by Gasteiger charge is 2.09. The molecule has 1 aromatic heterocycles. The van der Waals surface area contributed by atoms with Crippen molar-refractivity contribution in [2.45, 2.75) is 26.2 Å². The van der Waals surface area contributed by atoms with Gasteiger partial charge < -0.3 is 0 Å². The average molecular weight is 280 g/mol. The van der Waals surface area contributed by atoms with Crippen molar-refractivity contribution in [1.82, 2.24) is 4.98 Å². The second kappa shape index (κ2) is 5.73. The summed E-state index contributed by atoms with van der Waals surface area (Å²) in [5, 5.41) is 1.37.